The van der Waals surface area contributed by atoms with Crippen molar-refractivity contribution in [2.75, 3.05) is 0 Å². The Kier molecular flexibility index (Phi) is 1.98. The Morgan fingerprint density at radius 3 is 2.64 bits per heavy atom. The van der Waals surface area contributed by atoms with Gasteiger partial charge in [0.25, 0.3) is 0 Å². The van der Waals surface area contributed by atoms with Gasteiger partial charge in [-0.2, -0.15) is 0 Å². The summed E-state index contributed by atoms with van der Waals surface area (Å²) in [5.41, 5.74) is 4.61. The van der Waals surface area contributed by atoms with Gasteiger partial charge in [-0.25, -0.2) is 0 Å². The van der Waals surface area contributed by atoms with Crippen molar-refractivity contribution in [1.29, 1.82) is 0 Å². The summed E-state index contributed by atoms with van der Waals surface area (Å²) in [7, 11) is 0. The van der Waals surface area contributed by atoms with Crippen LogP contribution < -0.4 is 5.73 Å². The van der Waals surface area contributed by atoms with Crippen LogP contribution in [-0.4, -0.2) is 11.7 Å². The van der Waals surface area contributed by atoms with E-state index in [2.05, 4.69) is 0 Å². The van der Waals surface area contributed by atoms with Crippen LogP contribution in [0.3, 0.4) is 0 Å². The SMILES string of the molecule is CC1(C(N)=O)CCCC(=O)C1. The molecule has 0 aliphatic heterocycles. The van der Waals surface area contributed by atoms with Crippen LogP contribution in [0.25, 0.3) is 0 Å². The third-order valence-electron chi connectivity index (χ3n) is 2.37. The lowest BCUT2D eigenvalue weighted by atomic mass is 9.75. The standard InChI is InChI=1S/C8H13NO2/c1-8(7(9)11)4-2-3-6(10)5-8/h2-5H2,1H3,(H2,9,11). The van der Waals surface area contributed by atoms with Crippen molar-refractivity contribution in [3.63, 3.8) is 0 Å². The summed E-state index contributed by atoms with van der Waals surface area (Å²) in [6, 6.07) is 0. The average molecular weight is 155 g/mol. The highest BCUT2D eigenvalue weighted by atomic mass is 16.1. The van der Waals surface area contributed by atoms with Gasteiger partial charge in [-0.05, 0) is 12.8 Å². The molecule has 1 rings (SSSR count). The maximum atomic E-state index is 11.0. The fourth-order valence-corrected chi connectivity index (χ4v) is 1.50. The van der Waals surface area contributed by atoms with Crippen molar-refractivity contribution in [2.24, 2.45) is 11.1 Å². The number of primary amides is 1. The van der Waals surface area contributed by atoms with Gasteiger partial charge >= 0.3 is 0 Å². The number of Topliss-reactive ketones (excluding diaryl/α,β-unsaturated/α-hetero) is 1. The molecule has 0 aromatic heterocycles. The van der Waals surface area contributed by atoms with Crippen molar-refractivity contribution in [2.45, 2.75) is 32.6 Å². The van der Waals surface area contributed by atoms with Crippen LogP contribution in [0, 0.1) is 5.41 Å². The van der Waals surface area contributed by atoms with E-state index in [1.54, 1.807) is 6.92 Å². The van der Waals surface area contributed by atoms with Gasteiger partial charge in [-0.3, -0.25) is 9.59 Å². The van der Waals surface area contributed by atoms with Crippen LogP contribution in [0.2, 0.25) is 0 Å². The molecule has 62 valence electrons. The number of amides is 1. The Bertz CT molecular complexity index is 200. The van der Waals surface area contributed by atoms with Crippen LogP contribution in [0.4, 0.5) is 0 Å². The van der Waals surface area contributed by atoms with Crippen molar-refractivity contribution in [3.05, 3.63) is 0 Å². The highest BCUT2D eigenvalue weighted by Crippen LogP contribution is 2.33. The molecule has 3 heteroatoms. The second-order valence-electron chi connectivity index (χ2n) is 3.49. The molecule has 0 aromatic carbocycles. The molecule has 2 N–H and O–H groups in total. The van der Waals surface area contributed by atoms with E-state index in [9.17, 15) is 9.59 Å². The van der Waals surface area contributed by atoms with Crippen LogP contribution >= 0.6 is 0 Å². The Morgan fingerprint density at radius 2 is 2.27 bits per heavy atom. The number of rotatable bonds is 1. The quantitative estimate of drug-likeness (QED) is 0.603. The smallest absolute Gasteiger partial charge is 0.223 e. The van der Waals surface area contributed by atoms with Crippen LogP contribution in [0.15, 0.2) is 0 Å². The average Bonchev–Trinajstić information content (AvgIpc) is 1.86. The zero-order chi connectivity index (χ0) is 8.48. The molecule has 3 nitrogen and oxygen atoms in total. The summed E-state index contributed by atoms with van der Waals surface area (Å²) >= 11 is 0. The number of hydrogen-bond donors (Lipinski definition) is 1. The molecule has 1 aliphatic rings. The fourth-order valence-electron chi connectivity index (χ4n) is 1.50. The van der Waals surface area contributed by atoms with Crippen molar-refractivity contribution < 1.29 is 9.59 Å². The monoisotopic (exact) mass is 155 g/mol. The van der Waals surface area contributed by atoms with Crippen LogP contribution in [-0.2, 0) is 9.59 Å². The first kappa shape index (κ1) is 8.24. The molecule has 0 heterocycles. The Balaban J connectivity index is 2.70. The highest BCUT2D eigenvalue weighted by Gasteiger charge is 2.36. The third kappa shape index (κ3) is 1.59. The van der Waals surface area contributed by atoms with E-state index in [0.717, 1.165) is 12.8 Å². The lowest BCUT2D eigenvalue weighted by molar-refractivity contribution is -0.135. The normalized spacial score (nSPS) is 31.9. The summed E-state index contributed by atoms with van der Waals surface area (Å²) < 4.78 is 0. The van der Waals surface area contributed by atoms with Crippen molar-refractivity contribution in [3.8, 4) is 0 Å². The maximum Gasteiger partial charge on any atom is 0.223 e. The largest absolute Gasteiger partial charge is 0.369 e. The lowest BCUT2D eigenvalue weighted by Crippen LogP contribution is -2.38. The molecular formula is C8H13NO2. The van der Waals surface area contributed by atoms with Gasteiger partial charge in [0.2, 0.25) is 5.91 Å². The van der Waals surface area contributed by atoms with E-state index < -0.39 is 5.41 Å². The van der Waals surface area contributed by atoms with E-state index in [0.29, 0.717) is 12.8 Å². The molecule has 0 aromatic rings. The minimum Gasteiger partial charge on any atom is -0.369 e. The molecule has 1 amide bonds. The summed E-state index contributed by atoms with van der Waals surface area (Å²) in [6.45, 7) is 1.77. The molecule has 0 spiro atoms. The molecule has 0 bridgehead atoms. The van der Waals surface area contributed by atoms with Crippen molar-refractivity contribution in [1.82, 2.24) is 0 Å². The van der Waals surface area contributed by atoms with E-state index in [4.69, 9.17) is 5.73 Å². The molecule has 0 radical (unpaired) electrons. The zero-order valence-electron chi connectivity index (χ0n) is 6.72. The summed E-state index contributed by atoms with van der Waals surface area (Å²) in [5.74, 6) is -0.178. The first-order chi connectivity index (χ1) is 5.04. The topological polar surface area (TPSA) is 60.2 Å². The van der Waals surface area contributed by atoms with Crippen LogP contribution in [0.5, 0.6) is 0 Å². The number of hydrogen-bond acceptors (Lipinski definition) is 2. The Morgan fingerprint density at radius 1 is 1.64 bits per heavy atom. The number of ketones is 1. The van der Waals surface area contributed by atoms with E-state index in [1.807, 2.05) is 0 Å². The minimum atomic E-state index is -0.560. The van der Waals surface area contributed by atoms with E-state index >= 15 is 0 Å². The molecule has 1 aliphatic carbocycles. The second kappa shape index (κ2) is 2.64. The van der Waals surface area contributed by atoms with Gasteiger partial charge < -0.3 is 5.73 Å². The Hall–Kier alpha value is -0.860. The van der Waals surface area contributed by atoms with Crippen molar-refractivity contribution >= 4 is 11.7 Å². The van der Waals surface area contributed by atoms with E-state index in [-0.39, 0.29) is 11.7 Å². The number of carbonyl (C=O) groups excluding carboxylic acids is 2. The summed E-state index contributed by atoms with van der Waals surface area (Å²) in [6.07, 6.45) is 2.51. The minimum absolute atomic E-state index is 0.164. The molecule has 1 atom stereocenters. The van der Waals surface area contributed by atoms with Crippen LogP contribution in [0.1, 0.15) is 32.6 Å². The van der Waals surface area contributed by atoms with Gasteiger partial charge in [0.05, 0.1) is 5.41 Å². The maximum absolute atomic E-state index is 11.0. The first-order valence-corrected chi connectivity index (χ1v) is 3.86. The molecule has 1 unspecified atom stereocenters. The summed E-state index contributed by atoms with van der Waals surface area (Å²) in [5, 5.41) is 0. The Labute approximate surface area is 66.0 Å². The van der Waals surface area contributed by atoms with Gasteiger partial charge in [0.15, 0.2) is 0 Å². The van der Waals surface area contributed by atoms with Gasteiger partial charge in [-0.15, -0.1) is 0 Å². The summed E-state index contributed by atoms with van der Waals surface area (Å²) in [4.78, 5) is 21.9. The first-order valence-electron chi connectivity index (χ1n) is 3.86. The predicted octanol–water partition coefficient (Wildman–Crippen LogP) is 0.621. The predicted molar refractivity (Wildman–Crippen MR) is 40.8 cm³/mol. The zero-order valence-corrected chi connectivity index (χ0v) is 6.72. The van der Waals surface area contributed by atoms with Gasteiger partial charge in [-0.1, -0.05) is 6.92 Å². The molecule has 1 fully saturated rings. The number of nitrogens with two attached hydrogens (primary N) is 1. The molecular weight excluding hydrogens is 142 g/mol. The second-order valence-corrected chi connectivity index (χ2v) is 3.49. The van der Waals surface area contributed by atoms with Gasteiger partial charge in [0.1, 0.15) is 5.78 Å². The number of carbonyl (C=O) groups is 2. The highest BCUT2D eigenvalue weighted by molar-refractivity contribution is 5.89. The fraction of sp³-hybridized carbons (Fsp3) is 0.750. The lowest BCUT2D eigenvalue weighted by Gasteiger charge is -2.28. The molecule has 11 heavy (non-hydrogen) atoms. The van der Waals surface area contributed by atoms with Gasteiger partial charge in [0, 0.05) is 12.8 Å². The molecule has 0 saturated heterocycles. The van der Waals surface area contributed by atoms with E-state index in [1.165, 1.54) is 0 Å². The third-order valence-corrected chi connectivity index (χ3v) is 2.37. The molecule has 1 saturated carbocycles.